The van der Waals surface area contributed by atoms with Crippen molar-refractivity contribution >= 4 is 0 Å². The molecule has 4 rings (SSSR count). The molecule has 0 radical (unpaired) electrons. The molecule has 0 bridgehead atoms. The van der Waals surface area contributed by atoms with Gasteiger partial charge in [0.2, 0.25) is 0 Å². The van der Waals surface area contributed by atoms with Crippen molar-refractivity contribution in [3.05, 3.63) is 0 Å². The minimum atomic E-state index is -0.761. The lowest BCUT2D eigenvalue weighted by molar-refractivity contribution is -0.226. The van der Waals surface area contributed by atoms with Gasteiger partial charge in [0.15, 0.2) is 6.29 Å². The molecule has 0 amide bonds. The van der Waals surface area contributed by atoms with Crippen LogP contribution in [0.15, 0.2) is 0 Å². The molecule has 11 atom stereocenters. The number of ether oxygens (including phenoxy) is 1. The molecule has 4 nitrogen and oxygen atoms in total. The van der Waals surface area contributed by atoms with E-state index in [1.54, 1.807) is 6.92 Å². The molecular weight excluding hydrogens is 412 g/mol. The smallest absolute Gasteiger partial charge is 0.152 e. The van der Waals surface area contributed by atoms with Crippen LogP contribution in [0.5, 0.6) is 0 Å². The third-order valence-corrected chi connectivity index (χ3v) is 11.2. The van der Waals surface area contributed by atoms with E-state index in [0.717, 1.165) is 44.9 Å². The van der Waals surface area contributed by atoms with E-state index in [9.17, 15) is 15.3 Å². The van der Waals surface area contributed by atoms with Crippen molar-refractivity contribution in [3.63, 3.8) is 0 Å². The standard InChI is InChI=1S/C29H52O4/c1-18(2)8-7-13-29(6,32)26-10-9-22-21-17-25(33-19(3)30)24-16-20(31)11-14-27(24,4)23(21)12-15-28(22,26)5/h18-26,30-32H,7-17H2,1-6H3/t19?,20-,21?,22?,23?,24+,25-,26?,27+,28-,29-/m0/s1. The quantitative estimate of drug-likeness (QED) is 0.409. The first kappa shape index (κ1) is 25.9. The Morgan fingerprint density at radius 1 is 0.939 bits per heavy atom. The molecule has 33 heavy (non-hydrogen) atoms. The number of fused-ring (bicyclic) bond motifs is 5. The van der Waals surface area contributed by atoms with E-state index in [2.05, 4.69) is 34.6 Å². The summed E-state index contributed by atoms with van der Waals surface area (Å²) >= 11 is 0. The van der Waals surface area contributed by atoms with E-state index in [1.807, 2.05) is 0 Å². The normalized spacial score (nSPS) is 48.0. The Balaban J connectivity index is 1.57. The molecule has 0 aromatic rings. The number of aliphatic hydroxyl groups excluding tert-OH is 2. The first-order valence-corrected chi connectivity index (χ1v) is 14.1. The summed E-state index contributed by atoms with van der Waals surface area (Å²) in [6.07, 6.45) is 10.8. The predicted octanol–water partition coefficient (Wildman–Crippen LogP) is 5.92. The molecule has 192 valence electrons. The maximum atomic E-state index is 11.7. The zero-order valence-corrected chi connectivity index (χ0v) is 22.2. The van der Waals surface area contributed by atoms with Crippen molar-refractivity contribution in [2.45, 2.75) is 136 Å². The first-order valence-electron chi connectivity index (χ1n) is 14.1. The molecule has 5 unspecified atom stereocenters. The van der Waals surface area contributed by atoms with Gasteiger partial charge in [-0.15, -0.1) is 0 Å². The van der Waals surface area contributed by atoms with E-state index in [4.69, 9.17) is 4.74 Å². The lowest BCUT2D eigenvalue weighted by Gasteiger charge is -2.63. The first-order chi connectivity index (χ1) is 15.4. The molecule has 0 aromatic carbocycles. The Kier molecular flexibility index (Phi) is 7.36. The largest absolute Gasteiger partial charge is 0.393 e. The third-order valence-electron chi connectivity index (χ3n) is 11.2. The molecule has 4 fully saturated rings. The van der Waals surface area contributed by atoms with Crippen LogP contribution in [0.1, 0.15) is 112 Å². The van der Waals surface area contributed by atoms with E-state index < -0.39 is 11.9 Å². The fourth-order valence-corrected chi connectivity index (χ4v) is 9.71. The molecule has 4 aliphatic carbocycles. The van der Waals surface area contributed by atoms with Crippen LogP contribution >= 0.6 is 0 Å². The van der Waals surface area contributed by atoms with Crippen LogP contribution in [-0.2, 0) is 4.74 Å². The Morgan fingerprint density at radius 3 is 2.27 bits per heavy atom. The molecule has 0 aliphatic heterocycles. The highest BCUT2D eigenvalue weighted by Gasteiger charge is 2.64. The Bertz CT molecular complexity index is 675. The summed E-state index contributed by atoms with van der Waals surface area (Å²) in [5.74, 6) is 3.30. The van der Waals surface area contributed by atoms with Crippen molar-refractivity contribution in [1.82, 2.24) is 0 Å². The second-order valence-corrected chi connectivity index (χ2v) is 13.7. The van der Waals surface area contributed by atoms with Gasteiger partial charge in [0.05, 0.1) is 17.8 Å². The Morgan fingerprint density at radius 2 is 1.61 bits per heavy atom. The van der Waals surface area contributed by atoms with Crippen LogP contribution < -0.4 is 0 Å². The van der Waals surface area contributed by atoms with Crippen molar-refractivity contribution in [2.75, 3.05) is 0 Å². The maximum absolute atomic E-state index is 11.7. The molecule has 0 heterocycles. The van der Waals surface area contributed by atoms with Gasteiger partial charge in [0.1, 0.15) is 0 Å². The van der Waals surface area contributed by atoms with Crippen molar-refractivity contribution < 1.29 is 20.1 Å². The summed E-state index contributed by atoms with van der Waals surface area (Å²) in [6, 6.07) is 0. The van der Waals surface area contributed by atoms with Crippen LogP contribution in [0.2, 0.25) is 0 Å². The minimum Gasteiger partial charge on any atom is -0.393 e. The summed E-state index contributed by atoms with van der Waals surface area (Å²) in [5, 5.41) is 32.3. The highest BCUT2D eigenvalue weighted by Crippen LogP contribution is 2.69. The van der Waals surface area contributed by atoms with Crippen molar-refractivity contribution in [3.8, 4) is 0 Å². The average Bonchev–Trinajstić information content (AvgIpc) is 3.07. The summed E-state index contributed by atoms with van der Waals surface area (Å²) in [5.41, 5.74) is -0.215. The number of hydrogen-bond donors (Lipinski definition) is 3. The molecule has 4 aliphatic rings. The number of rotatable bonds is 7. The summed E-state index contributed by atoms with van der Waals surface area (Å²) in [4.78, 5) is 0. The fourth-order valence-electron chi connectivity index (χ4n) is 9.71. The molecule has 4 saturated carbocycles. The molecular formula is C29H52O4. The molecule has 0 aromatic heterocycles. The lowest BCUT2D eigenvalue weighted by Crippen LogP contribution is -2.59. The van der Waals surface area contributed by atoms with Gasteiger partial charge in [-0.3, -0.25) is 0 Å². The van der Waals surface area contributed by atoms with Gasteiger partial charge >= 0.3 is 0 Å². The Hall–Kier alpha value is -0.160. The molecule has 0 saturated heterocycles. The third kappa shape index (κ3) is 4.68. The predicted molar refractivity (Wildman–Crippen MR) is 132 cm³/mol. The van der Waals surface area contributed by atoms with Gasteiger partial charge in [-0.2, -0.15) is 0 Å². The van der Waals surface area contributed by atoms with E-state index in [0.29, 0.717) is 35.5 Å². The molecule has 3 N–H and O–H groups in total. The maximum Gasteiger partial charge on any atom is 0.152 e. The summed E-state index contributed by atoms with van der Waals surface area (Å²) < 4.78 is 6.17. The van der Waals surface area contributed by atoms with Crippen molar-refractivity contribution in [1.29, 1.82) is 0 Å². The highest BCUT2D eigenvalue weighted by atomic mass is 16.6. The topological polar surface area (TPSA) is 69.9 Å². The van der Waals surface area contributed by atoms with Crippen LogP contribution in [0.4, 0.5) is 0 Å². The molecule has 4 heteroatoms. The van der Waals surface area contributed by atoms with Crippen LogP contribution in [0, 0.1) is 46.3 Å². The summed E-state index contributed by atoms with van der Waals surface area (Å²) in [6.45, 7) is 13.4. The van der Waals surface area contributed by atoms with Gasteiger partial charge in [0.25, 0.3) is 0 Å². The molecule has 0 spiro atoms. The van der Waals surface area contributed by atoms with Crippen LogP contribution in [0.25, 0.3) is 0 Å². The van der Waals surface area contributed by atoms with E-state index in [1.165, 1.54) is 25.7 Å². The number of aliphatic hydroxyl groups is 3. The van der Waals surface area contributed by atoms with Gasteiger partial charge in [0, 0.05) is 0 Å². The van der Waals surface area contributed by atoms with Gasteiger partial charge in [-0.1, -0.05) is 40.5 Å². The minimum absolute atomic E-state index is 0.0270. The lowest BCUT2D eigenvalue weighted by atomic mass is 9.43. The van der Waals surface area contributed by atoms with Gasteiger partial charge in [-0.25, -0.2) is 0 Å². The Labute approximate surface area is 202 Å². The van der Waals surface area contributed by atoms with E-state index >= 15 is 0 Å². The zero-order valence-electron chi connectivity index (χ0n) is 22.2. The van der Waals surface area contributed by atoms with Gasteiger partial charge < -0.3 is 20.1 Å². The number of hydrogen-bond acceptors (Lipinski definition) is 4. The second kappa shape index (κ2) is 9.37. The average molecular weight is 465 g/mol. The van der Waals surface area contributed by atoms with Gasteiger partial charge in [-0.05, 0) is 118 Å². The fraction of sp³-hybridized carbons (Fsp3) is 1.00. The zero-order chi connectivity index (χ0) is 24.2. The summed E-state index contributed by atoms with van der Waals surface area (Å²) in [7, 11) is 0. The van der Waals surface area contributed by atoms with Crippen LogP contribution in [0.3, 0.4) is 0 Å². The van der Waals surface area contributed by atoms with E-state index in [-0.39, 0.29) is 23.0 Å². The SMILES string of the molecule is CC(C)CCC[C@](C)(O)C1CCC2C3C[C@H](OC(C)O)[C@H]4C[C@@H](O)CC[C@]4(C)C3CC[C@@]21C. The van der Waals surface area contributed by atoms with Crippen molar-refractivity contribution in [2.24, 2.45) is 46.3 Å². The monoisotopic (exact) mass is 464 g/mol. The van der Waals surface area contributed by atoms with Crippen LogP contribution in [-0.4, -0.2) is 39.4 Å². The highest BCUT2D eigenvalue weighted by molar-refractivity contribution is 5.13. The second-order valence-electron chi connectivity index (χ2n) is 13.7.